The first-order chi connectivity index (χ1) is 9.58. The molecule has 0 spiro atoms. The van der Waals surface area contributed by atoms with Gasteiger partial charge in [0.05, 0.1) is 18.7 Å². The molecule has 6 heteroatoms. The number of carbonyl (C=O) groups is 1. The van der Waals surface area contributed by atoms with E-state index in [1.54, 1.807) is 25.0 Å². The average molecular weight is 275 g/mol. The van der Waals surface area contributed by atoms with Gasteiger partial charge in [0.25, 0.3) is 0 Å². The zero-order valence-electron chi connectivity index (χ0n) is 11.5. The summed E-state index contributed by atoms with van der Waals surface area (Å²) in [4.78, 5) is 11.4. The highest BCUT2D eigenvalue weighted by Crippen LogP contribution is 2.18. The van der Waals surface area contributed by atoms with Crippen molar-refractivity contribution in [3.63, 3.8) is 0 Å². The second-order valence-corrected chi connectivity index (χ2v) is 4.68. The fourth-order valence-corrected chi connectivity index (χ4v) is 2.07. The van der Waals surface area contributed by atoms with Crippen molar-refractivity contribution in [3.05, 3.63) is 41.7 Å². The summed E-state index contributed by atoms with van der Waals surface area (Å²) in [6, 6.07) is 7.44. The van der Waals surface area contributed by atoms with E-state index in [2.05, 4.69) is 10.3 Å². The summed E-state index contributed by atoms with van der Waals surface area (Å²) in [5, 5.41) is 17.1. The minimum atomic E-state index is -0.835. The number of aliphatic carboxylic acids is 1. The molecule has 1 heterocycles. The predicted molar refractivity (Wildman–Crippen MR) is 72.5 cm³/mol. The molecule has 0 aliphatic heterocycles. The Kier molecular flexibility index (Phi) is 4.34. The number of ether oxygens (including phenoxy) is 1. The van der Waals surface area contributed by atoms with Crippen LogP contribution in [0.3, 0.4) is 0 Å². The standard InChI is InChI=1S/C14H17N3O3/c1-17-9-12(15-16-17)8-11(14(18)19)6-10-4-3-5-13(7-10)20-2/h3-5,7,9,11H,6,8H2,1-2H3,(H,18,19). The maximum atomic E-state index is 11.4. The number of benzene rings is 1. The van der Waals surface area contributed by atoms with Crippen molar-refractivity contribution in [3.8, 4) is 5.75 Å². The van der Waals surface area contributed by atoms with Crippen LogP contribution in [0.1, 0.15) is 11.3 Å². The Morgan fingerprint density at radius 2 is 2.25 bits per heavy atom. The molecule has 0 aliphatic rings. The molecule has 0 saturated carbocycles. The van der Waals surface area contributed by atoms with E-state index in [9.17, 15) is 9.90 Å². The van der Waals surface area contributed by atoms with Crippen molar-refractivity contribution in [2.24, 2.45) is 13.0 Å². The number of nitrogens with zero attached hydrogens (tertiary/aromatic N) is 3. The maximum Gasteiger partial charge on any atom is 0.307 e. The van der Waals surface area contributed by atoms with Gasteiger partial charge in [-0.05, 0) is 24.1 Å². The Morgan fingerprint density at radius 1 is 1.45 bits per heavy atom. The van der Waals surface area contributed by atoms with Crippen LogP contribution < -0.4 is 4.74 Å². The smallest absolute Gasteiger partial charge is 0.307 e. The van der Waals surface area contributed by atoms with E-state index in [-0.39, 0.29) is 0 Å². The zero-order chi connectivity index (χ0) is 14.5. The first kappa shape index (κ1) is 14.0. The van der Waals surface area contributed by atoms with Crippen LogP contribution in [0.15, 0.2) is 30.5 Å². The van der Waals surface area contributed by atoms with Crippen molar-refractivity contribution in [2.75, 3.05) is 7.11 Å². The van der Waals surface area contributed by atoms with E-state index >= 15 is 0 Å². The molecule has 0 amide bonds. The fraction of sp³-hybridized carbons (Fsp3) is 0.357. The third-order valence-electron chi connectivity index (χ3n) is 3.07. The highest BCUT2D eigenvalue weighted by Gasteiger charge is 2.20. The van der Waals surface area contributed by atoms with Crippen LogP contribution in [0, 0.1) is 5.92 Å². The Bertz CT molecular complexity index is 595. The third-order valence-corrected chi connectivity index (χ3v) is 3.07. The predicted octanol–water partition coefficient (Wildman–Crippen LogP) is 1.31. The number of hydrogen-bond acceptors (Lipinski definition) is 4. The van der Waals surface area contributed by atoms with Crippen LogP contribution in [0.2, 0.25) is 0 Å². The van der Waals surface area contributed by atoms with Crippen molar-refractivity contribution in [1.82, 2.24) is 15.0 Å². The van der Waals surface area contributed by atoms with E-state index in [0.717, 1.165) is 11.3 Å². The number of aryl methyl sites for hydroxylation is 1. The molecule has 0 aliphatic carbocycles. The summed E-state index contributed by atoms with van der Waals surface area (Å²) >= 11 is 0. The van der Waals surface area contributed by atoms with Gasteiger partial charge in [-0.15, -0.1) is 5.10 Å². The molecule has 1 aromatic heterocycles. The molecule has 2 rings (SSSR count). The maximum absolute atomic E-state index is 11.4. The van der Waals surface area contributed by atoms with Crippen LogP contribution in [0.5, 0.6) is 5.75 Å². The largest absolute Gasteiger partial charge is 0.497 e. The molecular weight excluding hydrogens is 258 g/mol. The molecule has 106 valence electrons. The molecular formula is C14H17N3O3. The molecule has 0 radical (unpaired) electrons. The summed E-state index contributed by atoms with van der Waals surface area (Å²) in [5.74, 6) is -0.636. The Morgan fingerprint density at radius 3 is 2.85 bits per heavy atom. The zero-order valence-corrected chi connectivity index (χ0v) is 11.5. The summed E-state index contributed by atoms with van der Waals surface area (Å²) in [6.07, 6.45) is 2.53. The van der Waals surface area contributed by atoms with Crippen LogP contribution in [-0.2, 0) is 24.7 Å². The van der Waals surface area contributed by atoms with E-state index in [1.807, 2.05) is 24.3 Å². The number of carboxylic acid groups (broad SMARTS) is 1. The summed E-state index contributed by atoms with van der Waals surface area (Å²) in [7, 11) is 3.35. The van der Waals surface area contributed by atoms with Crippen LogP contribution in [0.4, 0.5) is 0 Å². The number of rotatable bonds is 6. The molecule has 1 unspecified atom stereocenters. The molecule has 1 aromatic carbocycles. The molecule has 20 heavy (non-hydrogen) atoms. The highest BCUT2D eigenvalue weighted by molar-refractivity contribution is 5.70. The Labute approximate surface area is 117 Å². The molecule has 0 bridgehead atoms. The van der Waals surface area contributed by atoms with Crippen LogP contribution in [-0.4, -0.2) is 33.2 Å². The second kappa shape index (κ2) is 6.18. The third kappa shape index (κ3) is 3.57. The van der Waals surface area contributed by atoms with Gasteiger partial charge in [0, 0.05) is 19.7 Å². The SMILES string of the molecule is COc1cccc(CC(Cc2cn(C)nn2)C(=O)O)c1. The van der Waals surface area contributed by atoms with Gasteiger partial charge >= 0.3 is 5.97 Å². The first-order valence-electron chi connectivity index (χ1n) is 6.29. The topological polar surface area (TPSA) is 77.2 Å². The Balaban J connectivity index is 2.10. The first-order valence-corrected chi connectivity index (χ1v) is 6.29. The van der Waals surface area contributed by atoms with Crippen molar-refractivity contribution in [2.45, 2.75) is 12.8 Å². The minimum absolute atomic E-state index is 0.361. The number of methoxy groups -OCH3 is 1. The molecule has 1 N–H and O–H groups in total. The van der Waals surface area contributed by atoms with Crippen LogP contribution >= 0.6 is 0 Å². The monoisotopic (exact) mass is 275 g/mol. The summed E-state index contributed by atoms with van der Waals surface area (Å²) in [6.45, 7) is 0. The van der Waals surface area contributed by atoms with Gasteiger partial charge in [-0.3, -0.25) is 9.48 Å². The second-order valence-electron chi connectivity index (χ2n) is 4.68. The highest BCUT2D eigenvalue weighted by atomic mass is 16.5. The van der Waals surface area contributed by atoms with Gasteiger partial charge in [-0.25, -0.2) is 0 Å². The normalized spacial score (nSPS) is 12.1. The summed E-state index contributed by atoms with van der Waals surface area (Å²) in [5.41, 5.74) is 1.61. The van der Waals surface area contributed by atoms with Gasteiger partial charge in [-0.1, -0.05) is 17.3 Å². The van der Waals surface area contributed by atoms with Gasteiger partial charge in [0.15, 0.2) is 0 Å². The number of aromatic nitrogens is 3. The van der Waals surface area contributed by atoms with Gasteiger partial charge in [0.1, 0.15) is 5.75 Å². The molecule has 0 saturated heterocycles. The van der Waals surface area contributed by atoms with E-state index in [4.69, 9.17) is 4.74 Å². The lowest BCUT2D eigenvalue weighted by Crippen LogP contribution is -2.19. The lowest BCUT2D eigenvalue weighted by molar-refractivity contribution is -0.141. The Hall–Kier alpha value is -2.37. The van der Waals surface area contributed by atoms with Crippen molar-refractivity contribution >= 4 is 5.97 Å². The average Bonchev–Trinajstić information content (AvgIpc) is 2.83. The summed E-state index contributed by atoms with van der Waals surface area (Å²) < 4.78 is 6.71. The lowest BCUT2D eigenvalue weighted by Gasteiger charge is -2.11. The molecule has 0 fully saturated rings. The van der Waals surface area contributed by atoms with E-state index in [0.29, 0.717) is 18.5 Å². The number of carboxylic acids is 1. The molecule has 6 nitrogen and oxygen atoms in total. The quantitative estimate of drug-likeness (QED) is 0.860. The van der Waals surface area contributed by atoms with E-state index < -0.39 is 11.9 Å². The minimum Gasteiger partial charge on any atom is -0.497 e. The number of hydrogen-bond donors (Lipinski definition) is 1. The van der Waals surface area contributed by atoms with Crippen molar-refractivity contribution < 1.29 is 14.6 Å². The van der Waals surface area contributed by atoms with E-state index in [1.165, 1.54) is 0 Å². The van der Waals surface area contributed by atoms with Crippen molar-refractivity contribution in [1.29, 1.82) is 0 Å². The van der Waals surface area contributed by atoms with Gasteiger partial charge in [-0.2, -0.15) is 0 Å². The van der Waals surface area contributed by atoms with Gasteiger partial charge in [0.2, 0.25) is 0 Å². The fourth-order valence-electron chi connectivity index (χ4n) is 2.07. The molecule has 2 aromatic rings. The lowest BCUT2D eigenvalue weighted by atomic mass is 9.95. The molecule has 1 atom stereocenters. The van der Waals surface area contributed by atoms with Crippen LogP contribution in [0.25, 0.3) is 0 Å². The van der Waals surface area contributed by atoms with Gasteiger partial charge < -0.3 is 9.84 Å².